The van der Waals surface area contributed by atoms with Gasteiger partial charge in [-0.15, -0.1) is 0 Å². The predicted molar refractivity (Wildman–Crippen MR) is 237 cm³/mol. The molecule has 0 saturated heterocycles. The Hall–Kier alpha value is -7.42. The van der Waals surface area contributed by atoms with Crippen molar-refractivity contribution in [2.24, 2.45) is 0 Å². The molecule has 0 bridgehead atoms. The zero-order valence-corrected chi connectivity index (χ0v) is 30.6. The number of anilines is 3. The maximum absolute atomic E-state index is 6.54. The molecular weight excluding hydrogens is 679 g/mol. The molecule has 56 heavy (non-hydrogen) atoms. The molecule has 2 nitrogen and oxygen atoms in total. The van der Waals surface area contributed by atoms with Gasteiger partial charge in [0.05, 0.1) is 0 Å². The third kappa shape index (κ3) is 5.42. The molecule has 0 aliphatic carbocycles. The number of nitrogens with zero attached hydrogens (tertiary/aromatic N) is 1. The van der Waals surface area contributed by atoms with Gasteiger partial charge >= 0.3 is 0 Å². The SMILES string of the molecule is c1cc(-c2ccc3ccccc3c2)cc(N(c2ccc(-c3cccc4oc5c6ccccc6ccc5c34)cc2)c2cccc(-c3cccc4ccccc34)c2)c1. The van der Waals surface area contributed by atoms with Crippen LogP contribution in [0.2, 0.25) is 0 Å². The second kappa shape index (κ2) is 13.2. The van der Waals surface area contributed by atoms with Crippen LogP contribution in [0.3, 0.4) is 0 Å². The van der Waals surface area contributed by atoms with Crippen molar-refractivity contribution in [2.45, 2.75) is 0 Å². The van der Waals surface area contributed by atoms with Crippen molar-refractivity contribution in [3.63, 3.8) is 0 Å². The standard InChI is InChI=1S/C54H35NO/c1-2-14-40-33-42(26-25-36(40)11-1)41-16-7-18-45(34-41)55(46-19-8-17-43(35-46)48-22-9-15-37-12-3-5-20-47(37)48)44-30-27-39(28-31-44)49-23-10-24-52-53(49)51-32-29-38-13-4-6-21-50(38)54(51)56-52/h1-35H. The Morgan fingerprint density at radius 2 is 0.875 bits per heavy atom. The molecule has 262 valence electrons. The van der Waals surface area contributed by atoms with E-state index in [1.54, 1.807) is 0 Å². The fraction of sp³-hybridized carbons (Fsp3) is 0. The second-order valence-electron chi connectivity index (χ2n) is 14.5. The fourth-order valence-corrected chi connectivity index (χ4v) is 8.51. The molecule has 0 aliphatic rings. The largest absolute Gasteiger partial charge is 0.455 e. The number of benzene rings is 10. The van der Waals surface area contributed by atoms with E-state index in [0.29, 0.717) is 0 Å². The predicted octanol–water partition coefficient (Wildman–Crippen LogP) is 15.5. The number of furan rings is 1. The van der Waals surface area contributed by atoms with Crippen LogP contribution < -0.4 is 4.90 Å². The van der Waals surface area contributed by atoms with Crippen LogP contribution in [-0.4, -0.2) is 0 Å². The van der Waals surface area contributed by atoms with Crippen LogP contribution in [0.4, 0.5) is 17.1 Å². The van der Waals surface area contributed by atoms with Gasteiger partial charge in [-0.2, -0.15) is 0 Å². The summed E-state index contributed by atoms with van der Waals surface area (Å²) in [4.78, 5) is 2.38. The minimum absolute atomic E-state index is 0.898. The summed E-state index contributed by atoms with van der Waals surface area (Å²) >= 11 is 0. The van der Waals surface area contributed by atoms with E-state index in [0.717, 1.165) is 55.5 Å². The van der Waals surface area contributed by atoms with E-state index in [1.165, 1.54) is 49.2 Å². The minimum Gasteiger partial charge on any atom is -0.455 e. The summed E-state index contributed by atoms with van der Waals surface area (Å²) in [6.45, 7) is 0. The monoisotopic (exact) mass is 713 g/mol. The van der Waals surface area contributed by atoms with Gasteiger partial charge in [-0.1, -0.05) is 158 Å². The minimum atomic E-state index is 0.898. The molecule has 10 aromatic carbocycles. The Balaban J connectivity index is 1.05. The lowest BCUT2D eigenvalue weighted by Crippen LogP contribution is -2.10. The van der Waals surface area contributed by atoms with Crippen LogP contribution in [-0.2, 0) is 0 Å². The van der Waals surface area contributed by atoms with Crippen molar-refractivity contribution in [3.05, 3.63) is 212 Å². The summed E-state index contributed by atoms with van der Waals surface area (Å²) in [5, 5.41) is 9.55. The first-order valence-electron chi connectivity index (χ1n) is 19.2. The van der Waals surface area contributed by atoms with Crippen LogP contribution in [0.25, 0.3) is 87.6 Å². The van der Waals surface area contributed by atoms with Gasteiger partial charge in [0, 0.05) is 33.2 Å². The Kier molecular flexibility index (Phi) is 7.53. The first kappa shape index (κ1) is 32.0. The van der Waals surface area contributed by atoms with Gasteiger partial charge in [-0.25, -0.2) is 0 Å². The van der Waals surface area contributed by atoms with E-state index in [-0.39, 0.29) is 0 Å². The average Bonchev–Trinajstić information content (AvgIpc) is 3.66. The Bertz CT molecular complexity index is 3260. The van der Waals surface area contributed by atoms with Crippen LogP contribution in [0.1, 0.15) is 0 Å². The maximum Gasteiger partial charge on any atom is 0.143 e. The quantitative estimate of drug-likeness (QED) is 0.171. The van der Waals surface area contributed by atoms with Crippen molar-refractivity contribution >= 4 is 71.3 Å². The summed E-state index contributed by atoms with van der Waals surface area (Å²) < 4.78 is 6.54. The average molecular weight is 714 g/mol. The van der Waals surface area contributed by atoms with Crippen LogP contribution in [0.15, 0.2) is 217 Å². The summed E-state index contributed by atoms with van der Waals surface area (Å²) in [6, 6.07) is 76.5. The first-order chi connectivity index (χ1) is 27.7. The highest BCUT2D eigenvalue weighted by atomic mass is 16.3. The Morgan fingerprint density at radius 1 is 0.304 bits per heavy atom. The maximum atomic E-state index is 6.54. The normalized spacial score (nSPS) is 11.6. The number of fused-ring (bicyclic) bond motifs is 7. The first-order valence-corrected chi connectivity index (χ1v) is 19.2. The van der Waals surface area contributed by atoms with Crippen LogP contribution in [0.5, 0.6) is 0 Å². The molecule has 0 radical (unpaired) electrons. The number of rotatable bonds is 6. The van der Waals surface area contributed by atoms with Crippen molar-refractivity contribution < 1.29 is 4.42 Å². The van der Waals surface area contributed by atoms with Gasteiger partial charge in [0.2, 0.25) is 0 Å². The molecule has 1 heterocycles. The Morgan fingerprint density at radius 3 is 1.70 bits per heavy atom. The van der Waals surface area contributed by atoms with Gasteiger partial charge in [0.25, 0.3) is 0 Å². The van der Waals surface area contributed by atoms with Crippen molar-refractivity contribution in [2.75, 3.05) is 4.90 Å². The summed E-state index contributed by atoms with van der Waals surface area (Å²) in [7, 11) is 0. The molecule has 0 atom stereocenters. The molecule has 0 fully saturated rings. The van der Waals surface area contributed by atoms with Crippen molar-refractivity contribution in [1.82, 2.24) is 0 Å². The molecule has 0 amide bonds. The zero-order chi connectivity index (χ0) is 37.0. The highest BCUT2D eigenvalue weighted by molar-refractivity contribution is 6.19. The lowest BCUT2D eigenvalue weighted by Gasteiger charge is -2.27. The van der Waals surface area contributed by atoms with Crippen molar-refractivity contribution in [3.8, 4) is 33.4 Å². The molecule has 0 spiro atoms. The molecule has 0 aliphatic heterocycles. The number of hydrogen-bond acceptors (Lipinski definition) is 2. The van der Waals surface area contributed by atoms with E-state index in [1.807, 2.05) is 0 Å². The second-order valence-corrected chi connectivity index (χ2v) is 14.5. The highest BCUT2D eigenvalue weighted by Gasteiger charge is 2.18. The highest BCUT2D eigenvalue weighted by Crippen LogP contribution is 2.43. The lowest BCUT2D eigenvalue weighted by atomic mass is 9.97. The van der Waals surface area contributed by atoms with E-state index in [9.17, 15) is 0 Å². The van der Waals surface area contributed by atoms with Gasteiger partial charge in [0.15, 0.2) is 0 Å². The van der Waals surface area contributed by atoms with Gasteiger partial charge < -0.3 is 9.32 Å². The molecular formula is C54H35NO. The fourth-order valence-electron chi connectivity index (χ4n) is 8.51. The van der Waals surface area contributed by atoms with Crippen LogP contribution >= 0.6 is 0 Å². The van der Waals surface area contributed by atoms with Gasteiger partial charge in [-0.05, 0) is 115 Å². The molecule has 0 unspecified atom stereocenters. The molecule has 2 heteroatoms. The van der Waals surface area contributed by atoms with E-state index in [4.69, 9.17) is 4.42 Å². The lowest BCUT2D eigenvalue weighted by molar-refractivity contribution is 0.673. The number of hydrogen-bond donors (Lipinski definition) is 0. The third-order valence-electron chi connectivity index (χ3n) is 11.2. The molecule has 1 aromatic heterocycles. The van der Waals surface area contributed by atoms with Crippen molar-refractivity contribution in [1.29, 1.82) is 0 Å². The summed E-state index contributed by atoms with van der Waals surface area (Å²) in [6.07, 6.45) is 0. The van der Waals surface area contributed by atoms with Gasteiger partial charge in [-0.3, -0.25) is 0 Å². The van der Waals surface area contributed by atoms with E-state index < -0.39 is 0 Å². The molecule has 0 N–H and O–H groups in total. The summed E-state index contributed by atoms with van der Waals surface area (Å²) in [5.41, 5.74) is 12.2. The molecule has 0 saturated carbocycles. The van der Waals surface area contributed by atoms with E-state index >= 15 is 0 Å². The Labute approximate surface area is 325 Å². The third-order valence-corrected chi connectivity index (χ3v) is 11.2. The molecule has 11 rings (SSSR count). The van der Waals surface area contributed by atoms with Gasteiger partial charge in [0.1, 0.15) is 11.2 Å². The topological polar surface area (TPSA) is 16.4 Å². The van der Waals surface area contributed by atoms with Crippen LogP contribution in [0, 0.1) is 0 Å². The smallest absolute Gasteiger partial charge is 0.143 e. The molecule has 11 aromatic rings. The zero-order valence-electron chi connectivity index (χ0n) is 30.6. The summed E-state index contributed by atoms with van der Waals surface area (Å²) in [5.74, 6) is 0. The van der Waals surface area contributed by atoms with E-state index in [2.05, 4.69) is 217 Å².